The van der Waals surface area contributed by atoms with Gasteiger partial charge in [0.1, 0.15) is 5.75 Å². The number of hydrogen-bond donors (Lipinski definition) is 1. The smallest absolute Gasteiger partial charge is 0.124 e. The molecule has 0 bridgehead atoms. The molecule has 1 aromatic rings. The van der Waals surface area contributed by atoms with E-state index < -0.39 is 0 Å². The van der Waals surface area contributed by atoms with Crippen LogP contribution in [0.15, 0.2) is 18.2 Å². The lowest BCUT2D eigenvalue weighted by molar-refractivity contribution is 0.153. The number of benzene rings is 1. The van der Waals surface area contributed by atoms with Crippen LogP contribution in [0.3, 0.4) is 0 Å². The van der Waals surface area contributed by atoms with E-state index in [1.54, 1.807) is 7.11 Å². The summed E-state index contributed by atoms with van der Waals surface area (Å²) in [5.41, 5.74) is 2.54. The van der Waals surface area contributed by atoms with Crippen molar-refractivity contribution in [2.45, 2.75) is 51.7 Å². The number of aryl methyl sites for hydroxylation is 1. The summed E-state index contributed by atoms with van der Waals surface area (Å²) < 4.78 is 11.3. The predicted molar refractivity (Wildman–Crippen MR) is 82.3 cm³/mol. The van der Waals surface area contributed by atoms with Crippen LogP contribution in [0.4, 0.5) is 0 Å². The summed E-state index contributed by atoms with van der Waals surface area (Å²) in [6, 6.07) is 6.48. The number of nitrogens with one attached hydrogen (secondary N) is 1. The molecule has 0 saturated heterocycles. The Morgan fingerprint density at radius 1 is 1.20 bits per heavy atom. The normalized spacial score (nSPS) is 16.3. The van der Waals surface area contributed by atoms with Crippen molar-refractivity contribution in [2.24, 2.45) is 0 Å². The number of hydrogen-bond acceptors (Lipinski definition) is 3. The molecule has 1 aliphatic carbocycles. The molecule has 0 atom stereocenters. The molecule has 0 spiro atoms. The second kappa shape index (κ2) is 8.28. The Hall–Kier alpha value is -1.06. The van der Waals surface area contributed by atoms with Crippen molar-refractivity contribution in [1.29, 1.82) is 0 Å². The van der Waals surface area contributed by atoms with Gasteiger partial charge in [0.15, 0.2) is 0 Å². The SMILES string of the molecule is COCCNCc1cc(C)ccc1OC1CCCCC1. The highest BCUT2D eigenvalue weighted by molar-refractivity contribution is 5.37. The van der Waals surface area contributed by atoms with Gasteiger partial charge in [-0.05, 0) is 38.7 Å². The fraction of sp³-hybridized carbons (Fsp3) is 0.647. The Bertz CT molecular complexity index is 400. The average molecular weight is 277 g/mol. The fourth-order valence-corrected chi connectivity index (χ4v) is 2.72. The maximum Gasteiger partial charge on any atom is 0.124 e. The summed E-state index contributed by atoms with van der Waals surface area (Å²) in [6.45, 7) is 4.58. The van der Waals surface area contributed by atoms with Crippen LogP contribution in [0.1, 0.15) is 43.2 Å². The summed E-state index contributed by atoms with van der Waals surface area (Å²) in [6.07, 6.45) is 6.77. The second-order valence-electron chi connectivity index (χ2n) is 5.66. The van der Waals surface area contributed by atoms with E-state index >= 15 is 0 Å². The van der Waals surface area contributed by atoms with Gasteiger partial charge in [0, 0.05) is 25.8 Å². The van der Waals surface area contributed by atoms with Gasteiger partial charge in [0.2, 0.25) is 0 Å². The minimum absolute atomic E-state index is 0.407. The van der Waals surface area contributed by atoms with E-state index in [1.165, 1.54) is 43.2 Å². The first-order valence-corrected chi connectivity index (χ1v) is 7.75. The highest BCUT2D eigenvalue weighted by Gasteiger charge is 2.16. The number of ether oxygens (including phenoxy) is 2. The third kappa shape index (κ3) is 4.80. The third-order valence-corrected chi connectivity index (χ3v) is 3.86. The molecule has 0 heterocycles. The van der Waals surface area contributed by atoms with Crippen LogP contribution in [0.25, 0.3) is 0 Å². The minimum Gasteiger partial charge on any atom is -0.490 e. The number of rotatable bonds is 7. The van der Waals surface area contributed by atoms with Gasteiger partial charge in [-0.15, -0.1) is 0 Å². The lowest BCUT2D eigenvalue weighted by Gasteiger charge is -2.24. The molecule has 112 valence electrons. The monoisotopic (exact) mass is 277 g/mol. The van der Waals surface area contributed by atoms with Crippen LogP contribution in [0, 0.1) is 6.92 Å². The van der Waals surface area contributed by atoms with Crippen molar-refractivity contribution in [1.82, 2.24) is 5.32 Å². The van der Waals surface area contributed by atoms with Gasteiger partial charge < -0.3 is 14.8 Å². The Labute approximate surface area is 122 Å². The van der Waals surface area contributed by atoms with E-state index in [9.17, 15) is 0 Å². The van der Waals surface area contributed by atoms with Crippen molar-refractivity contribution >= 4 is 0 Å². The molecule has 0 aliphatic heterocycles. The molecule has 1 aliphatic rings. The van der Waals surface area contributed by atoms with E-state index in [0.717, 1.165) is 25.4 Å². The van der Waals surface area contributed by atoms with Crippen LogP contribution in [0.2, 0.25) is 0 Å². The van der Waals surface area contributed by atoms with Gasteiger partial charge in [0.25, 0.3) is 0 Å². The number of methoxy groups -OCH3 is 1. The van der Waals surface area contributed by atoms with Gasteiger partial charge in [-0.2, -0.15) is 0 Å². The van der Waals surface area contributed by atoms with Crippen LogP contribution in [0.5, 0.6) is 5.75 Å². The van der Waals surface area contributed by atoms with Crippen molar-refractivity contribution in [3.63, 3.8) is 0 Å². The molecule has 1 saturated carbocycles. The molecular weight excluding hydrogens is 250 g/mol. The lowest BCUT2D eigenvalue weighted by atomic mass is 9.97. The summed E-state index contributed by atoms with van der Waals surface area (Å²) in [4.78, 5) is 0. The topological polar surface area (TPSA) is 30.5 Å². The Kier molecular flexibility index (Phi) is 6.34. The van der Waals surface area contributed by atoms with Crippen molar-refractivity contribution in [3.8, 4) is 5.75 Å². The molecular formula is C17H27NO2. The molecule has 1 fully saturated rings. The van der Waals surface area contributed by atoms with Crippen molar-refractivity contribution < 1.29 is 9.47 Å². The van der Waals surface area contributed by atoms with Crippen LogP contribution in [-0.4, -0.2) is 26.4 Å². The minimum atomic E-state index is 0.407. The molecule has 1 N–H and O–H groups in total. The van der Waals surface area contributed by atoms with Crippen molar-refractivity contribution in [2.75, 3.05) is 20.3 Å². The average Bonchev–Trinajstić information content (AvgIpc) is 2.47. The molecule has 0 radical (unpaired) electrons. The van der Waals surface area contributed by atoms with Gasteiger partial charge in [0.05, 0.1) is 12.7 Å². The van der Waals surface area contributed by atoms with Gasteiger partial charge >= 0.3 is 0 Å². The van der Waals surface area contributed by atoms with E-state index in [0.29, 0.717) is 6.10 Å². The molecule has 20 heavy (non-hydrogen) atoms. The first-order chi connectivity index (χ1) is 9.79. The molecule has 0 amide bonds. The largest absolute Gasteiger partial charge is 0.490 e. The summed E-state index contributed by atoms with van der Waals surface area (Å²) in [7, 11) is 1.73. The third-order valence-electron chi connectivity index (χ3n) is 3.86. The maximum atomic E-state index is 6.23. The quantitative estimate of drug-likeness (QED) is 0.774. The zero-order valence-electron chi connectivity index (χ0n) is 12.8. The molecule has 3 heteroatoms. The van der Waals surface area contributed by atoms with Gasteiger partial charge in [-0.3, -0.25) is 0 Å². The van der Waals surface area contributed by atoms with E-state index in [-0.39, 0.29) is 0 Å². The highest BCUT2D eigenvalue weighted by atomic mass is 16.5. The Morgan fingerprint density at radius 3 is 2.75 bits per heavy atom. The van der Waals surface area contributed by atoms with Crippen LogP contribution >= 0.6 is 0 Å². The van der Waals surface area contributed by atoms with Crippen LogP contribution < -0.4 is 10.1 Å². The second-order valence-corrected chi connectivity index (χ2v) is 5.66. The molecule has 2 rings (SSSR count). The Balaban J connectivity index is 1.95. The molecule has 0 unspecified atom stereocenters. The summed E-state index contributed by atoms with van der Waals surface area (Å²) in [5, 5.41) is 3.40. The fourth-order valence-electron chi connectivity index (χ4n) is 2.72. The van der Waals surface area contributed by atoms with E-state index in [2.05, 4.69) is 30.4 Å². The highest BCUT2D eigenvalue weighted by Crippen LogP contribution is 2.26. The summed E-state index contributed by atoms with van der Waals surface area (Å²) in [5.74, 6) is 1.05. The Morgan fingerprint density at radius 2 is 2.00 bits per heavy atom. The van der Waals surface area contributed by atoms with Crippen molar-refractivity contribution in [3.05, 3.63) is 29.3 Å². The van der Waals surface area contributed by atoms with E-state index in [1.807, 2.05) is 0 Å². The van der Waals surface area contributed by atoms with Crippen LogP contribution in [-0.2, 0) is 11.3 Å². The first kappa shape index (κ1) is 15.3. The zero-order chi connectivity index (χ0) is 14.2. The maximum absolute atomic E-state index is 6.23. The van der Waals surface area contributed by atoms with E-state index in [4.69, 9.17) is 9.47 Å². The standard InChI is InChI=1S/C17H27NO2/c1-14-8-9-17(20-16-6-4-3-5-7-16)15(12-14)13-18-10-11-19-2/h8-9,12,16,18H,3-7,10-11,13H2,1-2H3. The molecule has 1 aromatic carbocycles. The predicted octanol–water partition coefficient (Wildman–Crippen LogP) is 3.44. The zero-order valence-corrected chi connectivity index (χ0v) is 12.8. The van der Waals surface area contributed by atoms with Gasteiger partial charge in [-0.25, -0.2) is 0 Å². The molecule has 3 nitrogen and oxygen atoms in total. The van der Waals surface area contributed by atoms with Gasteiger partial charge in [-0.1, -0.05) is 24.1 Å². The first-order valence-electron chi connectivity index (χ1n) is 7.75. The summed E-state index contributed by atoms with van der Waals surface area (Å²) >= 11 is 0. The lowest BCUT2D eigenvalue weighted by Crippen LogP contribution is -2.22. The molecule has 0 aromatic heterocycles.